The van der Waals surface area contributed by atoms with Crippen molar-refractivity contribution in [3.05, 3.63) is 58.7 Å². The highest BCUT2D eigenvalue weighted by molar-refractivity contribution is 7.90. The van der Waals surface area contributed by atoms with Crippen molar-refractivity contribution in [3.8, 4) is 5.75 Å². The van der Waals surface area contributed by atoms with Crippen molar-refractivity contribution < 1.29 is 27.9 Å². The standard InChI is InChI=1S/C22H24N4O6S2/c1-13(2)11-32-18-8-14(3)4-6-17(18)25-21(29)26-22-24-10-16(33-22)12-34(30,31)19-7-5-15(9-23-19)20(27)28/h4-10,13H,11-12H2,1-3H3,(H,27,28)(H2,24,25,26,29). The zero-order valence-corrected chi connectivity index (χ0v) is 20.4. The Hall–Kier alpha value is -3.51. The Morgan fingerprint density at radius 1 is 1.12 bits per heavy atom. The molecule has 12 heteroatoms. The van der Waals surface area contributed by atoms with E-state index in [-0.39, 0.29) is 15.7 Å². The molecule has 0 aliphatic carbocycles. The first-order valence-corrected chi connectivity index (χ1v) is 12.7. The molecule has 3 rings (SSSR count). The molecule has 3 aromatic rings. The van der Waals surface area contributed by atoms with Crippen LogP contribution in [-0.4, -0.2) is 42.1 Å². The van der Waals surface area contributed by atoms with Gasteiger partial charge in [-0.1, -0.05) is 19.9 Å². The molecule has 180 valence electrons. The molecule has 0 saturated heterocycles. The largest absolute Gasteiger partial charge is 0.491 e. The minimum atomic E-state index is -3.82. The number of aromatic carboxylic acids is 1. The van der Waals surface area contributed by atoms with Gasteiger partial charge in [0.15, 0.2) is 10.2 Å². The molecule has 0 bridgehead atoms. The minimum Gasteiger partial charge on any atom is -0.491 e. The third-order valence-electron chi connectivity index (χ3n) is 4.37. The molecule has 1 aromatic carbocycles. The van der Waals surface area contributed by atoms with Crippen LogP contribution in [0, 0.1) is 12.8 Å². The van der Waals surface area contributed by atoms with Crippen LogP contribution in [0.4, 0.5) is 15.6 Å². The van der Waals surface area contributed by atoms with E-state index in [0.29, 0.717) is 28.8 Å². The molecule has 0 saturated carbocycles. The van der Waals surface area contributed by atoms with Gasteiger partial charge in [0.25, 0.3) is 0 Å². The number of thiazole rings is 1. The van der Waals surface area contributed by atoms with Crippen molar-refractivity contribution in [2.24, 2.45) is 5.92 Å². The van der Waals surface area contributed by atoms with Crippen molar-refractivity contribution in [1.82, 2.24) is 9.97 Å². The number of carboxylic acids is 1. The van der Waals surface area contributed by atoms with Crippen LogP contribution < -0.4 is 15.4 Å². The number of ether oxygens (including phenoxy) is 1. The first kappa shape index (κ1) is 25.1. The maximum absolute atomic E-state index is 12.6. The van der Waals surface area contributed by atoms with E-state index < -0.39 is 27.6 Å². The third-order valence-corrected chi connectivity index (χ3v) is 7.03. The molecular formula is C22H24N4O6S2. The van der Waals surface area contributed by atoms with Crippen LogP contribution in [0.2, 0.25) is 0 Å². The number of carbonyl (C=O) groups is 2. The summed E-state index contributed by atoms with van der Waals surface area (Å²) in [6.45, 7) is 6.47. The minimum absolute atomic E-state index is 0.111. The fourth-order valence-electron chi connectivity index (χ4n) is 2.74. The lowest BCUT2D eigenvalue weighted by atomic mass is 10.2. The number of carboxylic acid groups (broad SMARTS) is 1. The number of hydrogen-bond acceptors (Lipinski definition) is 8. The molecule has 0 spiro atoms. The van der Waals surface area contributed by atoms with E-state index >= 15 is 0 Å². The molecule has 0 radical (unpaired) electrons. The Bertz CT molecular complexity index is 1290. The molecular weight excluding hydrogens is 480 g/mol. The monoisotopic (exact) mass is 504 g/mol. The number of amides is 2. The average Bonchev–Trinajstić information content (AvgIpc) is 3.19. The number of hydrogen-bond donors (Lipinski definition) is 3. The molecule has 0 aliphatic rings. The molecule has 0 atom stereocenters. The Labute approximate surface area is 201 Å². The molecule has 0 aliphatic heterocycles. The fraction of sp³-hybridized carbons (Fsp3) is 0.273. The lowest BCUT2D eigenvalue weighted by molar-refractivity contribution is 0.0696. The lowest BCUT2D eigenvalue weighted by Gasteiger charge is -2.14. The summed E-state index contributed by atoms with van der Waals surface area (Å²) in [4.78, 5) is 31.6. The summed E-state index contributed by atoms with van der Waals surface area (Å²) in [7, 11) is -3.82. The average molecular weight is 505 g/mol. The molecule has 0 fully saturated rings. The highest BCUT2D eigenvalue weighted by Crippen LogP contribution is 2.27. The van der Waals surface area contributed by atoms with E-state index in [2.05, 4.69) is 20.6 Å². The van der Waals surface area contributed by atoms with Crippen molar-refractivity contribution in [2.75, 3.05) is 17.2 Å². The number of pyridine rings is 1. The summed E-state index contributed by atoms with van der Waals surface area (Å²) in [6.07, 6.45) is 2.34. The van der Waals surface area contributed by atoms with Gasteiger partial charge >= 0.3 is 12.0 Å². The fourth-order valence-corrected chi connectivity index (χ4v) is 5.13. The third kappa shape index (κ3) is 6.75. The SMILES string of the molecule is Cc1ccc(NC(=O)Nc2ncc(CS(=O)(=O)c3ccc(C(=O)O)cn3)s2)c(OCC(C)C)c1. The van der Waals surface area contributed by atoms with Crippen LogP contribution in [0.15, 0.2) is 47.8 Å². The van der Waals surface area contributed by atoms with Gasteiger partial charge in [-0.3, -0.25) is 5.32 Å². The van der Waals surface area contributed by atoms with Crippen LogP contribution in [-0.2, 0) is 15.6 Å². The Morgan fingerprint density at radius 2 is 1.88 bits per heavy atom. The summed E-state index contributed by atoms with van der Waals surface area (Å²) in [6, 6.07) is 7.20. The maximum atomic E-state index is 12.6. The molecule has 34 heavy (non-hydrogen) atoms. The van der Waals surface area contributed by atoms with Crippen LogP contribution in [0.1, 0.15) is 34.6 Å². The van der Waals surface area contributed by atoms with E-state index in [1.807, 2.05) is 32.9 Å². The van der Waals surface area contributed by atoms with E-state index in [9.17, 15) is 18.0 Å². The highest BCUT2D eigenvalue weighted by Gasteiger charge is 2.20. The van der Waals surface area contributed by atoms with Crippen molar-refractivity contribution in [2.45, 2.75) is 31.6 Å². The van der Waals surface area contributed by atoms with Gasteiger partial charge < -0.3 is 15.2 Å². The number of sulfone groups is 1. The second kappa shape index (κ2) is 10.6. The summed E-state index contributed by atoms with van der Waals surface area (Å²) >= 11 is 1.01. The Morgan fingerprint density at radius 3 is 2.53 bits per heavy atom. The molecule has 2 amide bonds. The van der Waals surface area contributed by atoms with Crippen LogP contribution in [0.5, 0.6) is 5.75 Å². The topological polar surface area (TPSA) is 148 Å². The molecule has 2 aromatic heterocycles. The van der Waals surface area contributed by atoms with Crippen LogP contribution in [0.25, 0.3) is 0 Å². The number of urea groups is 1. The first-order chi connectivity index (χ1) is 16.0. The van der Waals surface area contributed by atoms with E-state index in [1.54, 1.807) is 6.07 Å². The van der Waals surface area contributed by atoms with Gasteiger partial charge in [-0.2, -0.15) is 0 Å². The first-order valence-electron chi connectivity index (χ1n) is 10.2. The van der Waals surface area contributed by atoms with Crippen LogP contribution >= 0.6 is 11.3 Å². The highest BCUT2D eigenvalue weighted by atomic mass is 32.2. The molecule has 2 heterocycles. The number of aryl methyl sites for hydroxylation is 1. The van der Waals surface area contributed by atoms with Crippen molar-refractivity contribution >= 4 is 44.0 Å². The Balaban J connectivity index is 1.65. The number of benzene rings is 1. The summed E-state index contributed by atoms with van der Waals surface area (Å²) in [5.74, 6) is -0.718. The molecule has 0 unspecified atom stereocenters. The van der Waals surface area contributed by atoms with Gasteiger partial charge in [-0.15, -0.1) is 11.3 Å². The normalized spacial score (nSPS) is 11.3. The molecule has 10 nitrogen and oxygen atoms in total. The zero-order chi connectivity index (χ0) is 24.9. The summed E-state index contributed by atoms with van der Waals surface area (Å²) < 4.78 is 31.0. The number of anilines is 2. The van der Waals surface area contributed by atoms with E-state index in [1.165, 1.54) is 12.3 Å². The number of aromatic nitrogens is 2. The number of nitrogens with zero attached hydrogens (tertiary/aromatic N) is 2. The van der Waals surface area contributed by atoms with Crippen molar-refractivity contribution in [3.63, 3.8) is 0 Å². The van der Waals surface area contributed by atoms with Crippen LogP contribution in [0.3, 0.4) is 0 Å². The van der Waals surface area contributed by atoms with E-state index in [0.717, 1.165) is 29.2 Å². The van der Waals surface area contributed by atoms with E-state index in [4.69, 9.17) is 9.84 Å². The number of nitrogens with one attached hydrogen (secondary N) is 2. The number of carbonyl (C=O) groups excluding carboxylic acids is 1. The summed E-state index contributed by atoms with van der Waals surface area (Å²) in [5.41, 5.74) is 1.38. The van der Waals surface area contributed by atoms with Gasteiger partial charge in [0.1, 0.15) is 5.75 Å². The van der Waals surface area contributed by atoms with Gasteiger partial charge in [-0.05, 0) is 42.7 Å². The number of rotatable bonds is 9. The van der Waals surface area contributed by atoms with Gasteiger partial charge in [0.2, 0.25) is 9.84 Å². The van der Waals surface area contributed by atoms with Crippen molar-refractivity contribution in [1.29, 1.82) is 0 Å². The van der Waals surface area contributed by atoms with Gasteiger partial charge in [0, 0.05) is 17.3 Å². The predicted octanol–water partition coefficient (Wildman–Crippen LogP) is 4.20. The smallest absolute Gasteiger partial charge is 0.337 e. The second-order valence-electron chi connectivity index (χ2n) is 7.86. The lowest BCUT2D eigenvalue weighted by Crippen LogP contribution is -2.20. The van der Waals surface area contributed by atoms with Gasteiger partial charge in [-0.25, -0.2) is 28.0 Å². The van der Waals surface area contributed by atoms with Gasteiger partial charge in [0.05, 0.1) is 23.6 Å². The second-order valence-corrected chi connectivity index (χ2v) is 10.9. The predicted molar refractivity (Wildman–Crippen MR) is 128 cm³/mol. The molecule has 3 N–H and O–H groups in total. The maximum Gasteiger partial charge on any atom is 0.337 e. The zero-order valence-electron chi connectivity index (χ0n) is 18.7. The summed E-state index contributed by atoms with van der Waals surface area (Å²) in [5, 5.41) is 14.2. The Kier molecular flexibility index (Phi) is 7.84. The quantitative estimate of drug-likeness (QED) is 0.393.